The van der Waals surface area contributed by atoms with Gasteiger partial charge in [-0.1, -0.05) is 0 Å². The normalized spacial score (nSPS) is 20.0. The lowest BCUT2D eigenvalue weighted by Crippen LogP contribution is -2.48. The van der Waals surface area contributed by atoms with Crippen LogP contribution in [0, 0.1) is 5.92 Å². The van der Waals surface area contributed by atoms with E-state index in [-0.39, 0.29) is 17.6 Å². The van der Waals surface area contributed by atoms with Gasteiger partial charge in [0.2, 0.25) is 0 Å². The van der Waals surface area contributed by atoms with Crippen LogP contribution in [0.5, 0.6) is 5.75 Å². The number of anilines is 2. The van der Waals surface area contributed by atoms with E-state index in [0.29, 0.717) is 44.0 Å². The second-order valence-corrected chi connectivity index (χ2v) is 7.94. The molecular weight excluding hydrogens is 362 g/mol. The Balaban J connectivity index is 1.66. The van der Waals surface area contributed by atoms with E-state index in [2.05, 4.69) is 24.1 Å². The molecule has 0 unspecified atom stereocenters. The van der Waals surface area contributed by atoms with Gasteiger partial charge < -0.3 is 29.7 Å². The van der Waals surface area contributed by atoms with E-state index >= 15 is 0 Å². The summed E-state index contributed by atoms with van der Waals surface area (Å²) in [4.78, 5) is 27.5. The van der Waals surface area contributed by atoms with Gasteiger partial charge in [0.1, 0.15) is 5.75 Å². The van der Waals surface area contributed by atoms with Crippen LogP contribution in [-0.2, 0) is 9.53 Å². The van der Waals surface area contributed by atoms with E-state index in [0.717, 1.165) is 18.8 Å². The topological polar surface area (TPSA) is 91.3 Å². The molecule has 0 saturated carbocycles. The van der Waals surface area contributed by atoms with E-state index in [4.69, 9.17) is 14.6 Å². The molecule has 0 aromatic heterocycles. The highest BCUT2D eigenvalue weighted by atomic mass is 16.5. The van der Waals surface area contributed by atoms with Crippen LogP contribution in [0.25, 0.3) is 0 Å². The Bertz CT molecular complexity index is 729. The number of nitrogens with one attached hydrogen (secondary N) is 1. The Hall–Kier alpha value is -2.48. The van der Waals surface area contributed by atoms with Gasteiger partial charge in [0.05, 0.1) is 30.9 Å². The minimum Gasteiger partial charge on any atom is -0.494 e. The number of likely N-dealkylation sites (tertiary alicyclic amines) is 1. The van der Waals surface area contributed by atoms with Gasteiger partial charge in [0.25, 0.3) is 0 Å². The molecule has 3 rings (SSSR count). The number of carboxylic acid groups (broad SMARTS) is 1. The molecule has 0 atom stereocenters. The zero-order valence-corrected chi connectivity index (χ0v) is 16.7. The van der Waals surface area contributed by atoms with Crippen LogP contribution in [0.4, 0.5) is 16.2 Å². The van der Waals surface area contributed by atoms with Crippen LogP contribution in [-0.4, -0.2) is 67.5 Å². The molecule has 2 saturated heterocycles. The predicted octanol–water partition coefficient (Wildman–Crippen LogP) is 2.64. The van der Waals surface area contributed by atoms with Gasteiger partial charge in [-0.3, -0.25) is 4.79 Å². The average molecular weight is 391 g/mol. The maximum absolute atomic E-state index is 12.6. The fraction of sp³-hybridized carbons (Fsp3) is 0.600. The van der Waals surface area contributed by atoms with Crippen LogP contribution in [0.15, 0.2) is 18.2 Å². The molecule has 1 aromatic carbocycles. The Morgan fingerprint density at radius 3 is 2.57 bits per heavy atom. The number of nitrogens with zero attached hydrogens (tertiary/aromatic N) is 2. The SMILES string of the molecule is COc1cc(N2CCOC(C)(C)C2)ccc1NC(=O)N1CCC(C(=O)O)CC1. The van der Waals surface area contributed by atoms with Gasteiger partial charge in [0.15, 0.2) is 0 Å². The van der Waals surface area contributed by atoms with Crippen LogP contribution >= 0.6 is 0 Å². The maximum atomic E-state index is 12.6. The van der Waals surface area contributed by atoms with Crippen LogP contribution in [0.2, 0.25) is 0 Å². The van der Waals surface area contributed by atoms with E-state index < -0.39 is 5.97 Å². The van der Waals surface area contributed by atoms with Crippen molar-refractivity contribution in [3.63, 3.8) is 0 Å². The lowest BCUT2D eigenvalue weighted by molar-refractivity contribution is -0.143. The molecule has 28 heavy (non-hydrogen) atoms. The van der Waals surface area contributed by atoms with Crippen LogP contribution in [0.3, 0.4) is 0 Å². The summed E-state index contributed by atoms with van der Waals surface area (Å²) in [6.45, 7) is 7.26. The fourth-order valence-corrected chi connectivity index (χ4v) is 3.74. The number of benzene rings is 1. The Kier molecular flexibility index (Phi) is 5.98. The van der Waals surface area contributed by atoms with Crippen molar-refractivity contribution in [1.29, 1.82) is 0 Å². The second kappa shape index (κ2) is 8.26. The van der Waals surface area contributed by atoms with Gasteiger partial charge in [0, 0.05) is 37.9 Å². The molecule has 2 N–H and O–H groups in total. The summed E-state index contributed by atoms with van der Waals surface area (Å²) in [5.74, 6) is -0.560. The summed E-state index contributed by atoms with van der Waals surface area (Å²) < 4.78 is 11.3. The summed E-state index contributed by atoms with van der Waals surface area (Å²) in [6.07, 6.45) is 0.956. The molecule has 154 valence electrons. The number of piperidine rings is 1. The van der Waals surface area contributed by atoms with Crippen molar-refractivity contribution in [2.45, 2.75) is 32.3 Å². The second-order valence-electron chi connectivity index (χ2n) is 7.94. The number of aliphatic carboxylic acids is 1. The Morgan fingerprint density at radius 2 is 1.96 bits per heavy atom. The van der Waals surface area contributed by atoms with Crippen molar-refractivity contribution in [3.8, 4) is 5.75 Å². The van der Waals surface area contributed by atoms with Gasteiger partial charge in [-0.2, -0.15) is 0 Å². The highest BCUT2D eigenvalue weighted by Gasteiger charge is 2.29. The molecule has 2 heterocycles. The monoisotopic (exact) mass is 391 g/mol. The van der Waals surface area contributed by atoms with E-state index in [1.165, 1.54) is 0 Å². The first-order valence-corrected chi connectivity index (χ1v) is 9.65. The number of carbonyl (C=O) groups excluding carboxylic acids is 1. The van der Waals surface area contributed by atoms with Gasteiger partial charge >= 0.3 is 12.0 Å². The van der Waals surface area contributed by atoms with E-state index in [9.17, 15) is 9.59 Å². The molecule has 2 aliphatic heterocycles. The number of urea groups is 1. The summed E-state index contributed by atoms with van der Waals surface area (Å²) >= 11 is 0. The van der Waals surface area contributed by atoms with Crippen molar-refractivity contribution in [3.05, 3.63) is 18.2 Å². The molecule has 8 heteroatoms. The molecule has 0 bridgehead atoms. The minimum absolute atomic E-state index is 0.208. The van der Waals surface area contributed by atoms with Crippen molar-refractivity contribution in [1.82, 2.24) is 4.90 Å². The van der Waals surface area contributed by atoms with Crippen molar-refractivity contribution in [2.75, 3.05) is 50.1 Å². The number of carbonyl (C=O) groups is 2. The first-order valence-electron chi connectivity index (χ1n) is 9.65. The van der Waals surface area contributed by atoms with Crippen molar-refractivity contribution < 1.29 is 24.2 Å². The lowest BCUT2D eigenvalue weighted by atomic mass is 9.97. The zero-order chi connectivity index (χ0) is 20.3. The smallest absolute Gasteiger partial charge is 0.321 e. The van der Waals surface area contributed by atoms with Crippen molar-refractivity contribution in [2.24, 2.45) is 5.92 Å². The molecule has 2 amide bonds. The number of amides is 2. The minimum atomic E-state index is -0.788. The lowest BCUT2D eigenvalue weighted by Gasteiger charge is -2.39. The van der Waals surface area contributed by atoms with Crippen LogP contribution in [0.1, 0.15) is 26.7 Å². The highest BCUT2D eigenvalue weighted by Crippen LogP contribution is 2.32. The summed E-state index contributed by atoms with van der Waals surface area (Å²) in [6, 6.07) is 5.50. The third kappa shape index (κ3) is 4.67. The number of hydrogen-bond acceptors (Lipinski definition) is 5. The number of morpholine rings is 1. The zero-order valence-electron chi connectivity index (χ0n) is 16.7. The quantitative estimate of drug-likeness (QED) is 0.820. The first kappa shape index (κ1) is 20.3. The summed E-state index contributed by atoms with van der Waals surface area (Å²) in [7, 11) is 1.58. The highest BCUT2D eigenvalue weighted by molar-refractivity contribution is 5.91. The number of methoxy groups -OCH3 is 1. The molecule has 8 nitrogen and oxygen atoms in total. The third-order valence-corrected chi connectivity index (χ3v) is 5.35. The molecular formula is C20H29N3O5. The molecule has 0 aliphatic carbocycles. The van der Waals surface area contributed by atoms with Gasteiger partial charge in [-0.25, -0.2) is 4.79 Å². The first-order chi connectivity index (χ1) is 13.3. The number of ether oxygens (including phenoxy) is 2. The fourth-order valence-electron chi connectivity index (χ4n) is 3.74. The average Bonchev–Trinajstić information content (AvgIpc) is 2.67. The molecule has 2 aliphatic rings. The van der Waals surface area contributed by atoms with Crippen LogP contribution < -0.4 is 15.0 Å². The predicted molar refractivity (Wildman–Crippen MR) is 106 cm³/mol. The number of hydrogen-bond donors (Lipinski definition) is 2. The Morgan fingerprint density at radius 1 is 1.25 bits per heavy atom. The molecule has 2 fully saturated rings. The Labute approximate surface area is 165 Å². The largest absolute Gasteiger partial charge is 0.494 e. The van der Waals surface area contributed by atoms with Gasteiger partial charge in [-0.05, 0) is 38.8 Å². The van der Waals surface area contributed by atoms with Crippen molar-refractivity contribution >= 4 is 23.4 Å². The number of carboxylic acids is 1. The number of rotatable bonds is 4. The van der Waals surface area contributed by atoms with Gasteiger partial charge in [-0.15, -0.1) is 0 Å². The molecule has 0 radical (unpaired) electrons. The molecule has 0 spiro atoms. The maximum Gasteiger partial charge on any atom is 0.321 e. The van der Waals surface area contributed by atoms with E-state index in [1.54, 1.807) is 12.0 Å². The third-order valence-electron chi connectivity index (χ3n) is 5.35. The molecule has 1 aromatic rings. The standard InChI is InChI=1S/C20H29N3O5/c1-20(2)13-23(10-11-28-20)15-4-5-16(17(12-15)27-3)21-19(26)22-8-6-14(7-9-22)18(24)25/h4-5,12,14H,6-11,13H2,1-3H3,(H,21,26)(H,24,25). The summed E-state index contributed by atoms with van der Waals surface area (Å²) in [5.41, 5.74) is 1.41. The summed E-state index contributed by atoms with van der Waals surface area (Å²) in [5, 5.41) is 12.0. The van der Waals surface area contributed by atoms with E-state index in [1.807, 2.05) is 18.2 Å².